The van der Waals surface area contributed by atoms with Crippen LogP contribution < -0.4 is 5.32 Å². The largest absolute Gasteiger partial charge is 0.508 e. The fourth-order valence-corrected chi connectivity index (χ4v) is 2.34. The molecule has 0 aliphatic rings. The van der Waals surface area contributed by atoms with Crippen molar-refractivity contribution in [2.45, 2.75) is 26.8 Å². The third-order valence-electron chi connectivity index (χ3n) is 2.75. The summed E-state index contributed by atoms with van der Waals surface area (Å²) in [6.07, 6.45) is 0. The van der Waals surface area contributed by atoms with Crippen LogP contribution >= 0.6 is 15.9 Å². The molecule has 0 aliphatic heterocycles. The first-order valence-electron chi connectivity index (χ1n) is 5.62. The van der Waals surface area contributed by atoms with E-state index < -0.39 is 0 Å². The standard InChI is InChI=1S/C13H18BrNO2/c1-8(2)11(7-14)15-13(17)10-4-5-12(16)9(3)6-10/h4-6,8,11,16H,7H2,1-3H3,(H,15,17). The van der Waals surface area contributed by atoms with Crippen LogP contribution in [-0.2, 0) is 0 Å². The summed E-state index contributed by atoms with van der Waals surface area (Å²) in [5.74, 6) is 0.477. The van der Waals surface area contributed by atoms with Crippen LogP contribution in [0.4, 0.5) is 0 Å². The van der Waals surface area contributed by atoms with Gasteiger partial charge in [-0.15, -0.1) is 0 Å². The second-order valence-corrected chi connectivity index (χ2v) is 5.13. The molecule has 94 valence electrons. The van der Waals surface area contributed by atoms with Crippen LogP contribution in [0.25, 0.3) is 0 Å². The van der Waals surface area contributed by atoms with Crippen LogP contribution in [-0.4, -0.2) is 22.4 Å². The molecule has 0 spiro atoms. The molecular formula is C13H18BrNO2. The molecule has 0 aliphatic carbocycles. The average molecular weight is 300 g/mol. The van der Waals surface area contributed by atoms with E-state index in [0.717, 1.165) is 5.33 Å². The molecule has 4 heteroatoms. The Balaban J connectivity index is 2.79. The van der Waals surface area contributed by atoms with E-state index in [-0.39, 0.29) is 17.7 Å². The number of hydrogen-bond donors (Lipinski definition) is 2. The summed E-state index contributed by atoms with van der Waals surface area (Å²) in [5, 5.41) is 13.1. The van der Waals surface area contributed by atoms with E-state index in [0.29, 0.717) is 17.0 Å². The predicted molar refractivity (Wildman–Crippen MR) is 72.7 cm³/mol. The lowest BCUT2D eigenvalue weighted by Crippen LogP contribution is -2.39. The molecule has 1 aromatic rings. The molecule has 0 radical (unpaired) electrons. The van der Waals surface area contributed by atoms with Crippen molar-refractivity contribution in [2.75, 3.05) is 5.33 Å². The highest BCUT2D eigenvalue weighted by Gasteiger charge is 2.16. The van der Waals surface area contributed by atoms with Crippen molar-refractivity contribution in [1.82, 2.24) is 5.32 Å². The number of hydrogen-bond acceptors (Lipinski definition) is 2. The molecule has 17 heavy (non-hydrogen) atoms. The van der Waals surface area contributed by atoms with Crippen molar-refractivity contribution < 1.29 is 9.90 Å². The van der Waals surface area contributed by atoms with Gasteiger partial charge in [-0.25, -0.2) is 0 Å². The molecule has 1 unspecified atom stereocenters. The van der Waals surface area contributed by atoms with Crippen LogP contribution in [0.1, 0.15) is 29.8 Å². The van der Waals surface area contributed by atoms with Crippen molar-refractivity contribution in [3.8, 4) is 5.75 Å². The number of alkyl halides is 1. The topological polar surface area (TPSA) is 49.3 Å². The van der Waals surface area contributed by atoms with Crippen molar-refractivity contribution in [3.63, 3.8) is 0 Å². The van der Waals surface area contributed by atoms with Crippen molar-refractivity contribution in [2.24, 2.45) is 5.92 Å². The van der Waals surface area contributed by atoms with Gasteiger partial charge in [-0.2, -0.15) is 0 Å². The molecule has 0 aromatic heterocycles. The molecule has 0 saturated carbocycles. The van der Waals surface area contributed by atoms with E-state index in [1.54, 1.807) is 25.1 Å². The Labute approximate surface area is 110 Å². The summed E-state index contributed by atoms with van der Waals surface area (Å²) >= 11 is 3.39. The van der Waals surface area contributed by atoms with E-state index in [4.69, 9.17) is 0 Å². The number of nitrogens with one attached hydrogen (secondary N) is 1. The van der Waals surface area contributed by atoms with Crippen LogP contribution in [0.2, 0.25) is 0 Å². The Hall–Kier alpha value is -1.03. The minimum absolute atomic E-state index is 0.105. The van der Waals surface area contributed by atoms with E-state index in [9.17, 15) is 9.90 Å². The van der Waals surface area contributed by atoms with E-state index in [1.165, 1.54) is 0 Å². The maximum atomic E-state index is 12.0. The van der Waals surface area contributed by atoms with Crippen LogP contribution in [0, 0.1) is 12.8 Å². The van der Waals surface area contributed by atoms with Crippen molar-refractivity contribution >= 4 is 21.8 Å². The third-order valence-corrected chi connectivity index (χ3v) is 3.44. The summed E-state index contributed by atoms with van der Waals surface area (Å²) in [6, 6.07) is 4.97. The van der Waals surface area contributed by atoms with Gasteiger partial charge in [0.15, 0.2) is 0 Å². The van der Waals surface area contributed by atoms with Crippen molar-refractivity contribution in [3.05, 3.63) is 29.3 Å². The minimum Gasteiger partial charge on any atom is -0.508 e. The highest BCUT2D eigenvalue weighted by Crippen LogP contribution is 2.17. The third kappa shape index (κ3) is 3.73. The number of phenols is 1. The first kappa shape index (κ1) is 14.0. The molecule has 2 N–H and O–H groups in total. The number of amides is 1. The molecule has 1 rings (SSSR count). The van der Waals surface area contributed by atoms with Gasteiger partial charge in [-0.1, -0.05) is 29.8 Å². The fourth-order valence-electron chi connectivity index (χ4n) is 1.43. The molecule has 1 aromatic carbocycles. The van der Waals surface area contributed by atoms with Gasteiger partial charge in [-0.05, 0) is 36.6 Å². The Morgan fingerprint density at radius 1 is 1.47 bits per heavy atom. The molecule has 0 heterocycles. The van der Waals surface area contributed by atoms with Gasteiger partial charge >= 0.3 is 0 Å². The number of aromatic hydroxyl groups is 1. The molecule has 0 fully saturated rings. The zero-order valence-corrected chi connectivity index (χ0v) is 11.9. The lowest BCUT2D eigenvalue weighted by molar-refractivity contribution is 0.0931. The Kier molecular flexibility index (Phi) is 5.00. The molecular weight excluding hydrogens is 282 g/mol. The maximum Gasteiger partial charge on any atom is 0.251 e. The maximum absolute atomic E-state index is 12.0. The van der Waals surface area contributed by atoms with Gasteiger partial charge < -0.3 is 10.4 Å². The fraction of sp³-hybridized carbons (Fsp3) is 0.462. The van der Waals surface area contributed by atoms with Crippen LogP contribution in [0.3, 0.4) is 0 Å². The lowest BCUT2D eigenvalue weighted by Gasteiger charge is -2.20. The number of phenolic OH excluding ortho intramolecular Hbond substituents is 1. The first-order chi connectivity index (χ1) is 7.95. The summed E-state index contributed by atoms with van der Waals surface area (Å²) < 4.78 is 0. The number of rotatable bonds is 4. The van der Waals surface area contributed by atoms with Gasteiger partial charge in [0.05, 0.1) is 0 Å². The number of carbonyl (C=O) groups is 1. The van der Waals surface area contributed by atoms with E-state index >= 15 is 0 Å². The minimum atomic E-state index is -0.105. The second kappa shape index (κ2) is 6.05. The molecule has 0 bridgehead atoms. The Morgan fingerprint density at radius 3 is 2.59 bits per heavy atom. The zero-order valence-electron chi connectivity index (χ0n) is 10.3. The van der Waals surface area contributed by atoms with Crippen molar-refractivity contribution in [1.29, 1.82) is 0 Å². The van der Waals surface area contributed by atoms with Gasteiger partial charge in [0, 0.05) is 16.9 Å². The van der Waals surface area contributed by atoms with Crippen LogP contribution in [0.5, 0.6) is 5.75 Å². The summed E-state index contributed by atoms with van der Waals surface area (Å²) in [6.45, 7) is 5.90. The lowest BCUT2D eigenvalue weighted by atomic mass is 10.1. The highest BCUT2D eigenvalue weighted by molar-refractivity contribution is 9.09. The van der Waals surface area contributed by atoms with Gasteiger partial charge in [0.25, 0.3) is 5.91 Å². The van der Waals surface area contributed by atoms with Crippen LogP contribution in [0.15, 0.2) is 18.2 Å². The number of benzene rings is 1. The molecule has 1 amide bonds. The average Bonchev–Trinajstić information content (AvgIpc) is 2.28. The Morgan fingerprint density at radius 2 is 2.12 bits per heavy atom. The molecule has 0 saturated heterocycles. The number of carbonyl (C=O) groups excluding carboxylic acids is 1. The van der Waals surface area contributed by atoms with Gasteiger partial charge in [0.1, 0.15) is 5.75 Å². The summed E-state index contributed by atoms with van der Waals surface area (Å²) in [5.41, 5.74) is 1.28. The second-order valence-electron chi connectivity index (χ2n) is 4.48. The van der Waals surface area contributed by atoms with E-state index in [2.05, 4.69) is 35.1 Å². The summed E-state index contributed by atoms with van der Waals surface area (Å²) in [7, 11) is 0. The quantitative estimate of drug-likeness (QED) is 0.840. The number of aryl methyl sites for hydroxylation is 1. The predicted octanol–water partition coefficient (Wildman–Crippen LogP) is 2.85. The van der Waals surface area contributed by atoms with Gasteiger partial charge in [-0.3, -0.25) is 4.79 Å². The van der Waals surface area contributed by atoms with E-state index in [1.807, 2.05) is 0 Å². The molecule has 1 atom stereocenters. The highest BCUT2D eigenvalue weighted by atomic mass is 79.9. The molecule has 3 nitrogen and oxygen atoms in total. The Bertz CT molecular complexity index is 404. The normalized spacial score (nSPS) is 12.5. The summed E-state index contributed by atoms with van der Waals surface area (Å²) in [4.78, 5) is 12.0. The zero-order chi connectivity index (χ0) is 13.0. The number of halogens is 1. The monoisotopic (exact) mass is 299 g/mol. The van der Waals surface area contributed by atoms with Gasteiger partial charge in [0.2, 0.25) is 0 Å². The first-order valence-corrected chi connectivity index (χ1v) is 6.74. The smallest absolute Gasteiger partial charge is 0.251 e. The SMILES string of the molecule is Cc1cc(C(=O)NC(CBr)C(C)C)ccc1O.